The van der Waals surface area contributed by atoms with E-state index in [0.29, 0.717) is 6.42 Å². The minimum absolute atomic E-state index is 0.0389. The lowest BCUT2D eigenvalue weighted by atomic mass is 9.76. The molecule has 4 unspecified atom stereocenters. The Kier molecular flexibility index (Phi) is 2.83. The number of carbonyl (C=O) groups is 1. The smallest absolute Gasteiger partial charge is 0.133 e. The van der Waals surface area contributed by atoms with Crippen molar-refractivity contribution in [1.29, 1.82) is 0 Å². The fourth-order valence-electron chi connectivity index (χ4n) is 1.89. The first-order valence-electron chi connectivity index (χ1n) is 4.35. The highest BCUT2D eigenvalue weighted by Gasteiger charge is 2.36. The summed E-state index contributed by atoms with van der Waals surface area (Å²) in [6, 6.07) is 0. The molecule has 0 aromatic heterocycles. The third-order valence-corrected chi connectivity index (χ3v) is 2.72. The van der Waals surface area contributed by atoms with E-state index in [1.165, 1.54) is 6.92 Å². The molecular formula is C9H15FO2. The van der Waals surface area contributed by atoms with Crippen LogP contribution in [-0.4, -0.2) is 23.2 Å². The lowest BCUT2D eigenvalue weighted by Gasteiger charge is -2.32. The Morgan fingerprint density at radius 1 is 1.50 bits per heavy atom. The Balaban J connectivity index is 2.61. The molecule has 1 N–H and O–H groups in total. The molecule has 0 saturated heterocycles. The molecule has 1 aliphatic rings. The van der Waals surface area contributed by atoms with Gasteiger partial charge in [0.15, 0.2) is 0 Å². The van der Waals surface area contributed by atoms with Gasteiger partial charge in [-0.15, -0.1) is 0 Å². The Morgan fingerprint density at radius 2 is 2.08 bits per heavy atom. The molecule has 1 aliphatic carbocycles. The summed E-state index contributed by atoms with van der Waals surface area (Å²) in [4.78, 5) is 11.0. The van der Waals surface area contributed by atoms with Crippen LogP contribution < -0.4 is 0 Å². The Labute approximate surface area is 71.8 Å². The van der Waals surface area contributed by atoms with Crippen molar-refractivity contribution in [3.63, 3.8) is 0 Å². The molecule has 0 amide bonds. The molecule has 3 heteroatoms. The van der Waals surface area contributed by atoms with Crippen LogP contribution in [0.1, 0.15) is 26.7 Å². The Hall–Kier alpha value is -0.440. The highest BCUT2D eigenvalue weighted by Crippen LogP contribution is 2.32. The number of alkyl halides is 1. The fraction of sp³-hybridized carbons (Fsp3) is 0.889. The first kappa shape index (κ1) is 9.65. The standard InChI is InChI=1S/C9H15FO2/c1-5-3-9(12)8(10)4-7(5)6(2)11/h5,7-9,12H,3-4H2,1-2H3. The van der Waals surface area contributed by atoms with Crippen LogP contribution in [0.3, 0.4) is 0 Å². The van der Waals surface area contributed by atoms with Crippen LogP contribution >= 0.6 is 0 Å². The normalized spacial score (nSPS) is 42.7. The monoisotopic (exact) mass is 174 g/mol. The van der Waals surface area contributed by atoms with Gasteiger partial charge >= 0.3 is 0 Å². The molecule has 70 valence electrons. The molecule has 4 atom stereocenters. The van der Waals surface area contributed by atoms with Gasteiger partial charge in [-0.2, -0.15) is 0 Å². The molecule has 1 rings (SSSR count). The molecule has 2 nitrogen and oxygen atoms in total. The van der Waals surface area contributed by atoms with Gasteiger partial charge in [0.25, 0.3) is 0 Å². The van der Waals surface area contributed by atoms with Crippen LogP contribution in [0.25, 0.3) is 0 Å². The van der Waals surface area contributed by atoms with E-state index in [2.05, 4.69) is 0 Å². The zero-order chi connectivity index (χ0) is 9.30. The second kappa shape index (κ2) is 3.52. The van der Waals surface area contributed by atoms with E-state index < -0.39 is 12.3 Å². The van der Waals surface area contributed by atoms with E-state index in [4.69, 9.17) is 5.11 Å². The molecule has 0 heterocycles. The predicted octanol–water partition coefficient (Wildman–Crippen LogP) is 1.32. The minimum atomic E-state index is -1.21. The number of aliphatic hydroxyl groups is 1. The minimum Gasteiger partial charge on any atom is -0.390 e. The van der Waals surface area contributed by atoms with E-state index >= 15 is 0 Å². The Bertz CT molecular complexity index is 181. The van der Waals surface area contributed by atoms with E-state index in [1.807, 2.05) is 6.92 Å². The molecule has 1 saturated carbocycles. The molecule has 0 spiro atoms. The van der Waals surface area contributed by atoms with Crippen LogP contribution in [0.15, 0.2) is 0 Å². The molecule has 0 aromatic rings. The molecular weight excluding hydrogens is 159 g/mol. The van der Waals surface area contributed by atoms with Crippen molar-refractivity contribution in [1.82, 2.24) is 0 Å². The van der Waals surface area contributed by atoms with Crippen LogP contribution in [0.4, 0.5) is 4.39 Å². The van der Waals surface area contributed by atoms with Gasteiger partial charge in [-0.3, -0.25) is 4.79 Å². The van der Waals surface area contributed by atoms with Crippen molar-refractivity contribution in [2.75, 3.05) is 0 Å². The third kappa shape index (κ3) is 1.83. The van der Waals surface area contributed by atoms with Gasteiger partial charge in [0, 0.05) is 5.92 Å². The van der Waals surface area contributed by atoms with Gasteiger partial charge in [0.05, 0.1) is 6.10 Å². The quantitative estimate of drug-likeness (QED) is 0.651. The Morgan fingerprint density at radius 3 is 2.58 bits per heavy atom. The van der Waals surface area contributed by atoms with Gasteiger partial charge in [-0.1, -0.05) is 6.92 Å². The van der Waals surface area contributed by atoms with Crippen molar-refractivity contribution in [3.8, 4) is 0 Å². The number of halogens is 1. The maximum Gasteiger partial charge on any atom is 0.133 e. The van der Waals surface area contributed by atoms with Crippen molar-refractivity contribution in [3.05, 3.63) is 0 Å². The zero-order valence-electron chi connectivity index (χ0n) is 7.46. The maximum absolute atomic E-state index is 13.0. The van der Waals surface area contributed by atoms with Gasteiger partial charge in [-0.05, 0) is 25.7 Å². The first-order valence-corrected chi connectivity index (χ1v) is 4.35. The number of Topliss-reactive ketones (excluding diaryl/α,β-unsaturated/α-hetero) is 1. The average Bonchev–Trinajstić information content (AvgIpc) is 1.96. The van der Waals surface area contributed by atoms with Crippen molar-refractivity contribution < 1.29 is 14.3 Å². The van der Waals surface area contributed by atoms with Crippen LogP contribution in [0.5, 0.6) is 0 Å². The van der Waals surface area contributed by atoms with E-state index in [1.54, 1.807) is 0 Å². The summed E-state index contributed by atoms with van der Waals surface area (Å²) in [5, 5.41) is 9.16. The number of hydrogen-bond donors (Lipinski definition) is 1. The highest BCUT2D eigenvalue weighted by molar-refractivity contribution is 5.78. The summed E-state index contributed by atoms with van der Waals surface area (Å²) in [6.07, 6.45) is -1.48. The van der Waals surface area contributed by atoms with Crippen molar-refractivity contribution in [2.24, 2.45) is 11.8 Å². The second-order valence-electron chi connectivity index (χ2n) is 3.75. The molecule has 0 radical (unpaired) electrons. The largest absolute Gasteiger partial charge is 0.390 e. The third-order valence-electron chi connectivity index (χ3n) is 2.72. The number of carbonyl (C=O) groups excluding carboxylic acids is 1. The van der Waals surface area contributed by atoms with Gasteiger partial charge < -0.3 is 5.11 Å². The van der Waals surface area contributed by atoms with Crippen LogP contribution in [0, 0.1) is 11.8 Å². The zero-order valence-corrected chi connectivity index (χ0v) is 7.46. The lowest BCUT2D eigenvalue weighted by Crippen LogP contribution is -2.38. The molecule has 1 fully saturated rings. The SMILES string of the molecule is CC(=O)C1CC(F)C(O)CC1C. The highest BCUT2D eigenvalue weighted by atomic mass is 19.1. The van der Waals surface area contributed by atoms with Crippen molar-refractivity contribution in [2.45, 2.75) is 39.0 Å². The summed E-state index contributed by atoms with van der Waals surface area (Å²) >= 11 is 0. The van der Waals surface area contributed by atoms with Gasteiger partial charge in [0.2, 0.25) is 0 Å². The molecule has 0 aromatic carbocycles. The van der Waals surface area contributed by atoms with Gasteiger partial charge in [-0.25, -0.2) is 4.39 Å². The number of hydrogen-bond acceptors (Lipinski definition) is 2. The summed E-state index contributed by atoms with van der Waals surface area (Å²) < 4.78 is 13.0. The van der Waals surface area contributed by atoms with E-state index in [9.17, 15) is 9.18 Å². The molecule has 12 heavy (non-hydrogen) atoms. The lowest BCUT2D eigenvalue weighted by molar-refractivity contribution is -0.126. The summed E-state index contributed by atoms with van der Waals surface area (Å²) in [5.41, 5.74) is 0. The maximum atomic E-state index is 13.0. The summed E-state index contributed by atoms with van der Waals surface area (Å²) in [7, 11) is 0. The second-order valence-corrected chi connectivity index (χ2v) is 3.75. The molecule has 0 bridgehead atoms. The van der Waals surface area contributed by atoms with Crippen molar-refractivity contribution >= 4 is 5.78 Å². The van der Waals surface area contributed by atoms with E-state index in [0.717, 1.165) is 0 Å². The predicted molar refractivity (Wildman–Crippen MR) is 43.5 cm³/mol. The topological polar surface area (TPSA) is 37.3 Å². The number of aliphatic hydroxyl groups excluding tert-OH is 1. The van der Waals surface area contributed by atoms with E-state index in [-0.39, 0.29) is 24.0 Å². The summed E-state index contributed by atoms with van der Waals surface area (Å²) in [5.74, 6) is -0.0371. The molecule has 0 aliphatic heterocycles. The van der Waals surface area contributed by atoms with Crippen LogP contribution in [-0.2, 0) is 4.79 Å². The fourth-order valence-corrected chi connectivity index (χ4v) is 1.89. The summed E-state index contributed by atoms with van der Waals surface area (Å²) in [6.45, 7) is 3.38. The number of rotatable bonds is 1. The van der Waals surface area contributed by atoms with Gasteiger partial charge in [0.1, 0.15) is 12.0 Å². The first-order chi connectivity index (χ1) is 5.52. The average molecular weight is 174 g/mol. The van der Waals surface area contributed by atoms with Crippen LogP contribution in [0.2, 0.25) is 0 Å². The number of ketones is 1.